The molecule has 4 aromatic carbocycles. The molecule has 13 heteroatoms. The Morgan fingerprint density at radius 3 is 2.16 bits per heavy atom. The molecule has 2 heterocycles. The van der Waals surface area contributed by atoms with Crippen LogP contribution in [0.5, 0.6) is 0 Å². The molecule has 0 spiro atoms. The minimum atomic E-state index is -4.60. The van der Waals surface area contributed by atoms with Gasteiger partial charge >= 0.3 is 7.82 Å². The smallest absolute Gasteiger partial charge is 0.282 e. The van der Waals surface area contributed by atoms with Crippen molar-refractivity contribution in [3.63, 3.8) is 0 Å². The second-order valence-corrected chi connectivity index (χ2v) is 13.6. The van der Waals surface area contributed by atoms with Crippen LogP contribution in [0.15, 0.2) is 121 Å². The first-order valence-electron chi connectivity index (χ1n) is 15.2. The number of halogens is 2. The number of rotatable bonds is 14. The van der Waals surface area contributed by atoms with Crippen molar-refractivity contribution in [3.8, 4) is 17.3 Å². The van der Waals surface area contributed by atoms with Gasteiger partial charge in [-0.3, -0.25) is 13.6 Å². The van der Waals surface area contributed by atoms with E-state index in [2.05, 4.69) is 16.2 Å². The van der Waals surface area contributed by atoms with E-state index in [4.69, 9.17) is 18.6 Å². The summed E-state index contributed by atoms with van der Waals surface area (Å²) in [4.78, 5) is 8.91. The largest absolute Gasteiger partial charge is 0.476 e. The molecule has 0 bridgehead atoms. The number of phosphoric acid groups is 1. The van der Waals surface area contributed by atoms with Crippen LogP contribution in [0.1, 0.15) is 40.1 Å². The summed E-state index contributed by atoms with van der Waals surface area (Å²) in [6, 6.07) is 30.3. The fraction of sp³-hybridized carbons (Fsp3) is 0.167. The molecule has 2 aromatic heterocycles. The zero-order valence-corrected chi connectivity index (χ0v) is 27.9. The summed E-state index contributed by atoms with van der Waals surface area (Å²) < 4.78 is 65.4. The van der Waals surface area contributed by atoms with Crippen molar-refractivity contribution in [3.05, 3.63) is 160 Å². The zero-order valence-electron chi connectivity index (χ0n) is 26.2. The highest BCUT2D eigenvalue weighted by Crippen LogP contribution is 2.60. The number of nitriles is 1. The van der Waals surface area contributed by atoms with E-state index in [0.717, 1.165) is 17.7 Å². The van der Waals surface area contributed by atoms with E-state index < -0.39 is 31.0 Å². The highest BCUT2D eigenvalue weighted by atomic mass is 32.1. The molecule has 2 unspecified atom stereocenters. The van der Waals surface area contributed by atoms with E-state index in [9.17, 15) is 14.2 Å². The van der Waals surface area contributed by atoms with Crippen LogP contribution in [0.4, 0.5) is 8.78 Å². The molecule has 6 aromatic rings. The maximum atomic E-state index is 16.1. The molecule has 0 fully saturated rings. The summed E-state index contributed by atoms with van der Waals surface area (Å²) in [5.41, 5.74) is 1.25. The molecule has 0 saturated heterocycles. The fourth-order valence-corrected chi connectivity index (χ4v) is 7.75. The molecule has 49 heavy (non-hydrogen) atoms. The monoisotopic (exact) mass is 697 g/mol. The lowest BCUT2D eigenvalue weighted by molar-refractivity contribution is -0.0313. The number of thiazole rings is 1. The van der Waals surface area contributed by atoms with Crippen LogP contribution in [0.3, 0.4) is 0 Å². The van der Waals surface area contributed by atoms with Gasteiger partial charge in [-0.2, -0.15) is 10.4 Å². The number of phosphoric ester groups is 1. The molecule has 0 aliphatic carbocycles. The Hall–Kier alpha value is -4.89. The van der Waals surface area contributed by atoms with Crippen molar-refractivity contribution in [2.45, 2.75) is 38.2 Å². The minimum absolute atomic E-state index is 0.112. The highest BCUT2D eigenvalue weighted by Gasteiger charge is 2.50. The normalized spacial score (nSPS) is 13.4. The molecule has 2 atom stereocenters. The van der Waals surface area contributed by atoms with Crippen molar-refractivity contribution in [2.24, 2.45) is 0 Å². The van der Waals surface area contributed by atoms with Gasteiger partial charge in [-0.15, -0.1) is 11.3 Å². The Morgan fingerprint density at radius 2 is 1.59 bits per heavy atom. The van der Waals surface area contributed by atoms with Crippen LogP contribution in [0, 0.1) is 23.0 Å². The molecule has 248 valence electrons. The van der Waals surface area contributed by atoms with E-state index in [-0.39, 0.29) is 25.3 Å². The zero-order chi connectivity index (χ0) is 34.3. The van der Waals surface area contributed by atoms with Crippen LogP contribution in [0.2, 0.25) is 0 Å². The summed E-state index contributed by atoms with van der Waals surface area (Å²) in [7, 11) is -4.60. The van der Waals surface area contributed by atoms with Gasteiger partial charge in [0.1, 0.15) is 29.9 Å². The Kier molecular flexibility index (Phi) is 10.5. The van der Waals surface area contributed by atoms with Gasteiger partial charge in [0, 0.05) is 28.5 Å². The molecule has 9 nitrogen and oxygen atoms in total. The second-order valence-electron chi connectivity index (χ2n) is 11.1. The third kappa shape index (κ3) is 8.05. The average Bonchev–Trinajstić information content (AvgIpc) is 3.84. The lowest BCUT2D eigenvalue weighted by Crippen LogP contribution is -2.40. The summed E-state index contributed by atoms with van der Waals surface area (Å²) in [6.07, 6.45) is 2.72. The van der Waals surface area contributed by atoms with E-state index >= 15 is 4.39 Å². The molecule has 0 amide bonds. The molecule has 0 saturated carbocycles. The summed E-state index contributed by atoms with van der Waals surface area (Å²) in [6.45, 7) is 1.23. The van der Waals surface area contributed by atoms with Crippen molar-refractivity contribution in [1.29, 1.82) is 5.26 Å². The van der Waals surface area contributed by atoms with E-state index in [1.807, 2.05) is 41.8 Å². The first kappa shape index (κ1) is 34.0. The van der Waals surface area contributed by atoms with Crippen LogP contribution < -0.4 is 0 Å². The predicted molar refractivity (Wildman–Crippen MR) is 180 cm³/mol. The lowest BCUT2D eigenvalue weighted by Gasteiger charge is -2.40. The quantitative estimate of drug-likeness (QED) is 0.104. The summed E-state index contributed by atoms with van der Waals surface area (Å²) in [5, 5.41) is 15.8. The number of hydrogen-bond donors (Lipinski definition) is 0. The van der Waals surface area contributed by atoms with Gasteiger partial charge in [-0.05, 0) is 29.3 Å². The summed E-state index contributed by atoms with van der Waals surface area (Å²) >= 11 is 1.28. The molecule has 0 N–H and O–H groups in total. The molecule has 0 aliphatic rings. The maximum absolute atomic E-state index is 16.1. The van der Waals surface area contributed by atoms with Crippen LogP contribution >= 0.6 is 19.2 Å². The molecule has 0 aliphatic heterocycles. The standard InChI is InChI=1S/C36H30F2N5O4PS/c1-26(35-42-34(22-49-35)30-14-12-27(19-39)13-15-30)36(23-43-25-40-24-41-43,32-17-16-31(37)18-33(32)38)47-48(44,45-20-28-8-4-2-5-9-28)46-21-29-10-6-3-7-11-29/h2-18,22,24-26H,20-21,23H2,1H3. The maximum Gasteiger partial charge on any atom is 0.476 e. The second kappa shape index (κ2) is 15.1. The number of nitrogens with zero attached hydrogens (tertiary/aromatic N) is 5. The number of hydrogen-bond acceptors (Lipinski definition) is 9. The van der Waals surface area contributed by atoms with Gasteiger partial charge in [0.25, 0.3) is 0 Å². The summed E-state index contributed by atoms with van der Waals surface area (Å²) in [5.74, 6) is -2.58. The van der Waals surface area contributed by atoms with Crippen LogP contribution in [-0.2, 0) is 43.5 Å². The molecular formula is C36H30F2N5O4PS. The Balaban J connectivity index is 1.47. The van der Waals surface area contributed by atoms with Crippen molar-refractivity contribution in [2.75, 3.05) is 0 Å². The minimum Gasteiger partial charge on any atom is -0.282 e. The Bertz CT molecular complexity index is 2030. The van der Waals surface area contributed by atoms with Gasteiger partial charge in [0.2, 0.25) is 0 Å². The van der Waals surface area contributed by atoms with Gasteiger partial charge in [0.05, 0.1) is 42.1 Å². The number of benzene rings is 4. The van der Waals surface area contributed by atoms with Crippen LogP contribution in [-0.4, -0.2) is 19.7 Å². The van der Waals surface area contributed by atoms with Crippen molar-refractivity contribution in [1.82, 2.24) is 19.7 Å². The molecule has 6 rings (SSSR count). The SMILES string of the molecule is CC(c1nc(-c2ccc(C#N)cc2)cs1)C(Cn1cncn1)(OP(=O)(OCc1ccccc1)OCc1ccccc1)c1ccc(F)cc1F. The first-order chi connectivity index (χ1) is 23.8. The first-order valence-corrected chi connectivity index (χ1v) is 17.5. The fourth-order valence-electron chi connectivity index (χ4n) is 5.28. The third-order valence-electron chi connectivity index (χ3n) is 7.89. The molecule has 0 radical (unpaired) electrons. The van der Waals surface area contributed by atoms with Gasteiger partial charge < -0.3 is 0 Å². The lowest BCUT2D eigenvalue weighted by atomic mass is 9.82. The molecular weight excluding hydrogens is 667 g/mol. The van der Waals surface area contributed by atoms with Crippen molar-refractivity contribution < 1.29 is 26.9 Å². The average molecular weight is 698 g/mol. The third-order valence-corrected chi connectivity index (χ3v) is 10.4. The Labute approximate surface area is 286 Å². The van der Waals surface area contributed by atoms with E-state index in [1.165, 1.54) is 34.7 Å². The van der Waals surface area contributed by atoms with Crippen molar-refractivity contribution >= 4 is 19.2 Å². The topological polar surface area (TPSA) is 112 Å². The van der Waals surface area contributed by atoms with Gasteiger partial charge in [-0.1, -0.05) is 85.8 Å². The van der Waals surface area contributed by atoms with E-state index in [1.54, 1.807) is 55.5 Å². The Morgan fingerprint density at radius 1 is 0.939 bits per heavy atom. The number of aromatic nitrogens is 4. The van der Waals surface area contributed by atoms with E-state index in [0.29, 0.717) is 27.4 Å². The predicted octanol–water partition coefficient (Wildman–Crippen LogP) is 8.81. The highest BCUT2D eigenvalue weighted by molar-refractivity contribution is 7.48. The van der Waals surface area contributed by atoms with Gasteiger partial charge in [-0.25, -0.2) is 28.0 Å². The van der Waals surface area contributed by atoms with Gasteiger partial charge in [0.15, 0.2) is 0 Å². The van der Waals surface area contributed by atoms with Crippen LogP contribution in [0.25, 0.3) is 11.3 Å².